The van der Waals surface area contributed by atoms with Gasteiger partial charge in [-0.25, -0.2) is 15.0 Å². The van der Waals surface area contributed by atoms with E-state index in [1.165, 1.54) is 0 Å². The molecule has 138 valence electrons. The molecule has 0 saturated carbocycles. The number of ether oxygens (including phenoxy) is 1. The molecule has 27 heavy (non-hydrogen) atoms. The van der Waals surface area contributed by atoms with Gasteiger partial charge in [-0.2, -0.15) is 0 Å². The Morgan fingerprint density at radius 2 is 2.00 bits per heavy atom. The maximum atomic E-state index is 5.41. The molecule has 0 atom stereocenters. The van der Waals surface area contributed by atoms with Gasteiger partial charge in [-0.1, -0.05) is 23.9 Å². The molecule has 1 fully saturated rings. The number of aryl methyl sites for hydroxylation is 1. The molecule has 0 radical (unpaired) electrons. The van der Waals surface area contributed by atoms with Crippen molar-refractivity contribution in [2.75, 3.05) is 42.3 Å². The molecule has 3 aromatic rings. The number of anilines is 3. The Kier molecular flexibility index (Phi) is 4.43. The Labute approximate surface area is 161 Å². The molecule has 1 aromatic carbocycles. The van der Waals surface area contributed by atoms with Gasteiger partial charge in [0.2, 0.25) is 0 Å². The van der Waals surface area contributed by atoms with Gasteiger partial charge in [-0.05, 0) is 12.1 Å². The lowest BCUT2D eigenvalue weighted by atomic mass is 10.1. The maximum absolute atomic E-state index is 5.41. The third-order valence-corrected chi connectivity index (χ3v) is 5.69. The van der Waals surface area contributed by atoms with E-state index in [1.807, 2.05) is 30.0 Å². The van der Waals surface area contributed by atoms with Crippen LogP contribution in [0.4, 0.5) is 17.3 Å². The maximum Gasteiger partial charge on any atom is 0.168 e. The summed E-state index contributed by atoms with van der Waals surface area (Å²) >= 11 is 1.81. The molecule has 0 spiro atoms. The number of nitrogens with zero attached hydrogens (tertiary/aromatic N) is 5. The number of nitrogens with one attached hydrogen (secondary N) is 1. The average Bonchev–Trinajstić information content (AvgIpc) is 3.31. The van der Waals surface area contributed by atoms with Crippen LogP contribution in [0.5, 0.6) is 0 Å². The highest BCUT2D eigenvalue weighted by atomic mass is 32.2. The summed E-state index contributed by atoms with van der Waals surface area (Å²) < 4.78 is 7.64. The summed E-state index contributed by atoms with van der Waals surface area (Å²) in [7, 11) is 0. The molecule has 2 aliphatic rings. The predicted molar refractivity (Wildman–Crippen MR) is 107 cm³/mol. The zero-order chi connectivity index (χ0) is 18.1. The molecule has 7 nitrogen and oxygen atoms in total. The Balaban J connectivity index is 1.36. The second kappa shape index (κ2) is 7.21. The van der Waals surface area contributed by atoms with Crippen molar-refractivity contribution >= 4 is 29.1 Å². The van der Waals surface area contributed by atoms with Crippen LogP contribution in [0.3, 0.4) is 0 Å². The average molecular weight is 380 g/mol. The van der Waals surface area contributed by atoms with Crippen molar-refractivity contribution in [2.45, 2.75) is 11.7 Å². The number of benzene rings is 1. The molecule has 0 amide bonds. The van der Waals surface area contributed by atoms with Crippen LogP contribution in [0.25, 0.3) is 11.3 Å². The second-order valence-electron chi connectivity index (χ2n) is 6.52. The molecule has 0 aliphatic carbocycles. The number of aromatic nitrogens is 4. The number of thioether (sulfide) groups is 1. The number of fused-ring (bicyclic) bond motifs is 1. The first-order valence-corrected chi connectivity index (χ1v) is 10.1. The van der Waals surface area contributed by atoms with Gasteiger partial charge < -0.3 is 19.5 Å². The van der Waals surface area contributed by atoms with Gasteiger partial charge in [0, 0.05) is 48.9 Å². The fourth-order valence-electron chi connectivity index (χ4n) is 3.33. The minimum atomic E-state index is 0.738. The zero-order valence-electron chi connectivity index (χ0n) is 14.8. The molecule has 8 heteroatoms. The highest BCUT2D eigenvalue weighted by Crippen LogP contribution is 2.30. The van der Waals surface area contributed by atoms with Crippen molar-refractivity contribution in [3.8, 4) is 11.3 Å². The lowest BCUT2D eigenvalue weighted by Gasteiger charge is -2.27. The van der Waals surface area contributed by atoms with Crippen molar-refractivity contribution in [3.05, 3.63) is 42.9 Å². The summed E-state index contributed by atoms with van der Waals surface area (Å²) in [4.78, 5) is 15.7. The van der Waals surface area contributed by atoms with E-state index in [2.05, 4.69) is 43.1 Å². The van der Waals surface area contributed by atoms with Gasteiger partial charge in [0.05, 0.1) is 18.9 Å². The van der Waals surface area contributed by atoms with Gasteiger partial charge >= 0.3 is 0 Å². The van der Waals surface area contributed by atoms with E-state index in [-0.39, 0.29) is 0 Å². The van der Waals surface area contributed by atoms with Crippen LogP contribution < -0.4 is 10.2 Å². The van der Waals surface area contributed by atoms with Crippen LogP contribution in [-0.4, -0.2) is 51.6 Å². The van der Waals surface area contributed by atoms with Crippen molar-refractivity contribution in [3.63, 3.8) is 0 Å². The van der Waals surface area contributed by atoms with Crippen LogP contribution >= 0.6 is 11.8 Å². The molecule has 4 heterocycles. The number of hydrogen-bond donors (Lipinski definition) is 1. The van der Waals surface area contributed by atoms with Crippen molar-refractivity contribution in [1.29, 1.82) is 0 Å². The summed E-state index contributed by atoms with van der Waals surface area (Å²) in [5.41, 5.74) is 3.10. The van der Waals surface area contributed by atoms with E-state index in [1.54, 1.807) is 6.33 Å². The topological polar surface area (TPSA) is 68.1 Å². The minimum absolute atomic E-state index is 0.738. The highest BCUT2D eigenvalue weighted by molar-refractivity contribution is 7.99. The van der Waals surface area contributed by atoms with E-state index < -0.39 is 0 Å². The number of morpholine rings is 1. The minimum Gasteiger partial charge on any atom is -0.378 e. The van der Waals surface area contributed by atoms with Crippen molar-refractivity contribution < 1.29 is 4.74 Å². The molecule has 5 rings (SSSR count). The van der Waals surface area contributed by atoms with Crippen LogP contribution in [0.15, 0.2) is 48.0 Å². The van der Waals surface area contributed by atoms with Crippen LogP contribution in [0.2, 0.25) is 0 Å². The summed E-state index contributed by atoms with van der Waals surface area (Å²) in [6.07, 6.45) is 3.74. The largest absolute Gasteiger partial charge is 0.378 e. The Morgan fingerprint density at radius 3 is 2.89 bits per heavy atom. The van der Waals surface area contributed by atoms with E-state index in [9.17, 15) is 0 Å². The highest BCUT2D eigenvalue weighted by Gasteiger charge is 2.16. The molecular formula is C19H20N6OS. The number of imidazole rings is 1. The number of hydrogen-bond acceptors (Lipinski definition) is 7. The predicted octanol–water partition coefficient (Wildman–Crippen LogP) is 3.03. The van der Waals surface area contributed by atoms with Crippen LogP contribution in [0.1, 0.15) is 0 Å². The molecule has 0 unspecified atom stereocenters. The fraction of sp³-hybridized carbons (Fsp3) is 0.316. The van der Waals surface area contributed by atoms with E-state index >= 15 is 0 Å². The standard InChI is InChI=1S/C19H20N6OS/c1-2-14(16-12-25-6-9-27-19(25)23-16)10-15(3-1)22-17-11-18(21-13-20-17)24-4-7-26-8-5-24/h1-3,10-13H,4-9H2,(H,20,21,22). The van der Waals surface area contributed by atoms with Gasteiger partial charge in [-0.3, -0.25) is 0 Å². The lowest BCUT2D eigenvalue weighted by Crippen LogP contribution is -2.36. The van der Waals surface area contributed by atoms with Gasteiger partial charge in [-0.15, -0.1) is 0 Å². The third kappa shape index (κ3) is 3.50. The molecule has 0 bridgehead atoms. The summed E-state index contributed by atoms with van der Waals surface area (Å²) in [6, 6.07) is 10.3. The zero-order valence-corrected chi connectivity index (χ0v) is 15.7. The first-order valence-electron chi connectivity index (χ1n) is 9.07. The normalized spacial score (nSPS) is 16.4. The Bertz CT molecular complexity index is 931. The summed E-state index contributed by atoms with van der Waals surface area (Å²) in [5.74, 6) is 2.82. The van der Waals surface area contributed by atoms with E-state index in [4.69, 9.17) is 9.72 Å². The van der Waals surface area contributed by atoms with Crippen molar-refractivity contribution in [2.24, 2.45) is 0 Å². The molecule has 1 N–H and O–H groups in total. The van der Waals surface area contributed by atoms with E-state index in [0.29, 0.717) is 0 Å². The first kappa shape index (κ1) is 16.6. The van der Waals surface area contributed by atoms with Crippen LogP contribution in [-0.2, 0) is 11.3 Å². The smallest absolute Gasteiger partial charge is 0.168 e. The monoisotopic (exact) mass is 380 g/mol. The van der Waals surface area contributed by atoms with Gasteiger partial charge in [0.25, 0.3) is 0 Å². The molecule has 1 saturated heterocycles. The fourth-order valence-corrected chi connectivity index (χ4v) is 4.28. The number of rotatable bonds is 4. The molecular weight excluding hydrogens is 360 g/mol. The van der Waals surface area contributed by atoms with Crippen LogP contribution in [0, 0.1) is 0 Å². The van der Waals surface area contributed by atoms with E-state index in [0.717, 1.165) is 72.3 Å². The molecule has 2 aromatic heterocycles. The Morgan fingerprint density at radius 1 is 1.07 bits per heavy atom. The van der Waals surface area contributed by atoms with Gasteiger partial charge in [0.15, 0.2) is 5.16 Å². The lowest BCUT2D eigenvalue weighted by molar-refractivity contribution is 0.122. The molecule has 2 aliphatic heterocycles. The summed E-state index contributed by atoms with van der Waals surface area (Å²) in [6.45, 7) is 4.23. The SMILES string of the molecule is c1cc(Nc2cc(N3CCOCC3)ncn2)cc(-c2cn3c(n2)SCC3)c1. The van der Waals surface area contributed by atoms with Gasteiger partial charge in [0.1, 0.15) is 18.0 Å². The first-order chi connectivity index (χ1) is 13.3. The van der Waals surface area contributed by atoms with Crippen molar-refractivity contribution in [1.82, 2.24) is 19.5 Å². The summed E-state index contributed by atoms with van der Waals surface area (Å²) in [5, 5.41) is 4.50. The third-order valence-electron chi connectivity index (χ3n) is 4.72. The Hall–Kier alpha value is -2.58. The second-order valence-corrected chi connectivity index (χ2v) is 7.58. The quantitative estimate of drug-likeness (QED) is 0.746.